The van der Waals surface area contributed by atoms with Gasteiger partial charge in [-0.25, -0.2) is 0 Å². The van der Waals surface area contributed by atoms with E-state index in [1.807, 2.05) is 25.1 Å². The third kappa shape index (κ3) is 4.33. The largest absolute Gasteiger partial charge is 0.490 e. The fourth-order valence-electron chi connectivity index (χ4n) is 2.69. The molecule has 0 spiro atoms. The average Bonchev–Trinajstić information content (AvgIpc) is 2.62. The minimum atomic E-state index is -0.400. The maximum atomic E-state index is 12.7. The van der Waals surface area contributed by atoms with Crippen molar-refractivity contribution < 1.29 is 14.3 Å². The molecule has 1 amide bonds. The van der Waals surface area contributed by atoms with Gasteiger partial charge in [0.05, 0.1) is 33.4 Å². The molecule has 2 aromatic carbocycles. The first kappa shape index (κ1) is 19.4. The van der Waals surface area contributed by atoms with Crippen molar-refractivity contribution in [3.8, 4) is 5.75 Å². The Morgan fingerprint density at radius 2 is 1.81 bits per heavy atom. The molecule has 0 radical (unpaired) electrons. The number of halogens is 2. The number of fused-ring (bicyclic) bond motifs is 1. The molecule has 0 bridgehead atoms. The van der Waals surface area contributed by atoms with Gasteiger partial charge in [-0.3, -0.25) is 9.78 Å². The van der Waals surface area contributed by atoms with Gasteiger partial charge in [-0.2, -0.15) is 0 Å². The van der Waals surface area contributed by atoms with Crippen molar-refractivity contribution in [2.45, 2.75) is 6.92 Å². The van der Waals surface area contributed by atoms with E-state index in [2.05, 4.69) is 10.3 Å². The quantitative estimate of drug-likeness (QED) is 0.578. The summed E-state index contributed by atoms with van der Waals surface area (Å²) in [6, 6.07) is 12.3. The van der Waals surface area contributed by atoms with Gasteiger partial charge in [0.15, 0.2) is 0 Å². The maximum Gasteiger partial charge on any atom is 0.258 e. The summed E-state index contributed by atoms with van der Waals surface area (Å²) >= 11 is 12.3. The van der Waals surface area contributed by atoms with Crippen LogP contribution in [0, 0.1) is 6.92 Å². The van der Waals surface area contributed by atoms with E-state index in [0.29, 0.717) is 30.2 Å². The minimum absolute atomic E-state index is 0.224. The van der Waals surface area contributed by atoms with Gasteiger partial charge >= 0.3 is 0 Å². The van der Waals surface area contributed by atoms with E-state index in [-0.39, 0.29) is 15.6 Å². The predicted molar refractivity (Wildman–Crippen MR) is 108 cm³/mol. The highest BCUT2D eigenvalue weighted by molar-refractivity contribution is 6.40. The highest BCUT2D eigenvalue weighted by Gasteiger charge is 2.17. The Morgan fingerprint density at radius 3 is 2.52 bits per heavy atom. The molecular weight excluding hydrogens is 387 g/mol. The second kappa shape index (κ2) is 8.57. The van der Waals surface area contributed by atoms with Crippen molar-refractivity contribution in [3.05, 3.63) is 63.8 Å². The summed E-state index contributed by atoms with van der Waals surface area (Å²) in [6.07, 6.45) is 0. The maximum absolute atomic E-state index is 12.7. The van der Waals surface area contributed by atoms with Gasteiger partial charge in [-0.05, 0) is 31.2 Å². The number of methoxy groups -OCH3 is 1. The summed E-state index contributed by atoms with van der Waals surface area (Å²) in [6.45, 7) is 2.76. The van der Waals surface area contributed by atoms with Crippen LogP contribution in [-0.2, 0) is 4.74 Å². The molecule has 0 aliphatic heterocycles. The molecule has 27 heavy (non-hydrogen) atoms. The molecular formula is C20H18Cl2N2O3. The SMILES string of the molecule is COCCOc1cc(C)nc2c(NC(=O)c3c(Cl)cccc3Cl)cccc12. The van der Waals surface area contributed by atoms with Gasteiger partial charge in [0.1, 0.15) is 12.4 Å². The summed E-state index contributed by atoms with van der Waals surface area (Å²) in [5, 5.41) is 4.22. The van der Waals surface area contributed by atoms with Crippen molar-refractivity contribution in [1.82, 2.24) is 4.98 Å². The number of rotatable bonds is 6. The molecule has 1 heterocycles. The van der Waals surface area contributed by atoms with Crippen LogP contribution in [0.25, 0.3) is 10.9 Å². The third-order valence-corrected chi connectivity index (χ3v) is 4.54. The van der Waals surface area contributed by atoms with Gasteiger partial charge in [-0.1, -0.05) is 35.3 Å². The first-order chi connectivity index (χ1) is 13.0. The number of benzene rings is 2. The van der Waals surface area contributed by atoms with Gasteiger partial charge in [0, 0.05) is 24.3 Å². The zero-order valence-corrected chi connectivity index (χ0v) is 16.4. The number of amides is 1. The number of ether oxygens (including phenoxy) is 2. The third-order valence-electron chi connectivity index (χ3n) is 3.91. The molecule has 0 fully saturated rings. The molecule has 1 aromatic heterocycles. The average molecular weight is 405 g/mol. The number of hydrogen-bond donors (Lipinski definition) is 1. The number of hydrogen-bond acceptors (Lipinski definition) is 4. The number of anilines is 1. The lowest BCUT2D eigenvalue weighted by Gasteiger charge is -2.14. The molecule has 0 saturated heterocycles. The Balaban J connectivity index is 1.99. The Kier molecular flexibility index (Phi) is 6.16. The van der Waals surface area contributed by atoms with Gasteiger partial charge in [0.25, 0.3) is 5.91 Å². The first-order valence-corrected chi connectivity index (χ1v) is 9.04. The number of nitrogens with zero attached hydrogens (tertiary/aromatic N) is 1. The molecule has 0 atom stereocenters. The lowest BCUT2D eigenvalue weighted by atomic mass is 10.1. The van der Waals surface area contributed by atoms with Crippen molar-refractivity contribution in [2.75, 3.05) is 25.6 Å². The molecule has 140 valence electrons. The van der Waals surface area contributed by atoms with E-state index >= 15 is 0 Å². The van der Waals surface area contributed by atoms with E-state index in [1.54, 1.807) is 31.4 Å². The standard InChI is InChI=1S/C20H18Cl2N2O3/c1-12-11-17(27-10-9-26-2)13-5-3-8-16(19(13)23-12)24-20(25)18-14(21)6-4-7-15(18)22/h3-8,11H,9-10H2,1-2H3,(H,24,25). The number of nitrogens with one attached hydrogen (secondary N) is 1. The predicted octanol–water partition coefficient (Wildman–Crippen LogP) is 5.13. The Labute approximate surface area is 167 Å². The van der Waals surface area contributed by atoms with Crippen LogP contribution in [-0.4, -0.2) is 31.2 Å². The number of aryl methyl sites for hydroxylation is 1. The summed E-state index contributed by atoms with van der Waals surface area (Å²) in [5.74, 6) is 0.282. The first-order valence-electron chi connectivity index (χ1n) is 8.28. The number of pyridine rings is 1. The summed E-state index contributed by atoms with van der Waals surface area (Å²) in [7, 11) is 1.62. The molecule has 0 unspecified atom stereocenters. The van der Waals surface area contributed by atoms with Crippen LogP contribution in [0.1, 0.15) is 16.1 Å². The molecule has 3 aromatic rings. The van der Waals surface area contributed by atoms with Gasteiger partial charge in [-0.15, -0.1) is 0 Å². The number of para-hydroxylation sites is 1. The second-order valence-corrected chi connectivity index (χ2v) is 6.67. The Hall–Kier alpha value is -2.34. The summed E-state index contributed by atoms with van der Waals surface area (Å²) in [4.78, 5) is 17.3. The Bertz CT molecular complexity index is 972. The van der Waals surface area contributed by atoms with Crippen LogP contribution < -0.4 is 10.1 Å². The molecule has 1 N–H and O–H groups in total. The molecule has 5 nitrogen and oxygen atoms in total. The van der Waals surface area contributed by atoms with E-state index in [9.17, 15) is 4.79 Å². The minimum Gasteiger partial charge on any atom is -0.490 e. The van der Waals surface area contributed by atoms with Crippen LogP contribution in [0.4, 0.5) is 5.69 Å². The van der Waals surface area contributed by atoms with E-state index < -0.39 is 5.91 Å². The Morgan fingerprint density at radius 1 is 1.11 bits per heavy atom. The fraction of sp³-hybridized carbons (Fsp3) is 0.200. The topological polar surface area (TPSA) is 60.5 Å². The monoisotopic (exact) mass is 404 g/mol. The summed E-state index contributed by atoms with van der Waals surface area (Å²) in [5.41, 5.74) is 2.17. The molecule has 0 aliphatic carbocycles. The van der Waals surface area contributed by atoms with E-state index in [0.717, 1.165) is 11.1 Å². The van der Waals surface area contributed by atoms with E-state index in [1.165, 1.54) is 0 Å². The van der Waals surface area contributed by atoms with Gasteiger partial charge in [0.2, 0.25) is 0 Å². The van der Waals surface area contributed by atoms with Crippen LogP contribution >= 0.6 is 23.2 Å². The number of aromatic nitrogens is 1. The lowest BCUT2D eigenvalue weighted by Crippen LogP contribution is -2.14. The second-order valence-electron chi connectivity index (χ2n) is 5.86. The highest BCUT2D eigenvalue weighted by atomic mass is 35.5. The highest BCUT2D eigenvalue weighted by Crippen LogP contribution is 2.31. The fourth-order valence-corrected chi connectivity index (χ4v) is 3.26. The van der Waals surface area contributed by atoms with Crippen LogP contribution in [0.5, 0.6) is 5.75 Å². The number of carbonyl (C=O) groups is 1. The van der Waals surface area contributed by atoms with Crippen molar-refractivity contribution >= 4 is 45.7 Å². The normalized spacial score (nSPS) is 10.8. The molecule has 3 rings (SSSR count). The molecule has 0 aliphatic rings. The van der Waals surface area contributed by atoms with E-state index in [4.69, 9.17) is 32.7 Å². The number of carbonyl (C=O) groups excluding carboxylic acids is 1. The van der Waals surface area contributed by atoms with Crippen molar-refractivity contribution in [1.29, 1.82) is 0 Å². The molecule has 7 heteroatoms. The van der Waals surface area contributed by atoms with Crippen LogP contribution in [0.3, 0.4) is 0 Å². The van der Waals surface area contributed by atoms with Crippen LogP contribution in [0.2, 0.25) is 10.0 Å². The van der Waals surface area contributed by atoms with Crippen molar-refractivity contribution in [2.24, 2.45) is 0 Å². The zero-order chi connectivity index (χ0) is 19.4. The molecule has 0 saturated carbocycles. The van der Waals surface area contributed by atoms with Crippen molar-refractivity contribution in [3.63, 3.8) is 0 Å². The zero-order valence-electron chi connectivity index (χ0n) is 14.9. The van der Waals surface area contributed by atoms with Crippen LogP contribution in [0.15, 0.2) is 42.5 Å². The smallest absolute Gasteiger partial charge is 0.258 e. The van der Waals surface area contributed by atoms with Gasteiger partial charge < -0.3 is 14.8 Å². The summed E-state index contributed by atoms with van der Waals surface area (Å²) < 4.78 is 10.8. The lowest BCUT2D eigenvalue weighted by molar-refractivity contribution is 0.102.